The van der Waals surface area contributed by atoms with Gasteiger partial charge in [-0.15, -0.1) is 0 Å². The Balaban J connectivity index is 1.21. The second-order valence-corrected chi connectivity index (χ2v) is 13.8. The topological polar surface area (TPSA) is 64.5 Å². The van der Waals surface area contributed by atoms with Crippen LogP contribution in [0.1, 0.15) is 40.9 Å². The number of nitrogens with zero attached hydrogens (tertiary/aromatic N) is 4. The summed E-state index contributed by atoms with van der Waals surface area (Å²) in [6.07, 6.45) is 3.73. The number of β-amino-alcohol motifs (C(OH)–C–C–N with tert-alkyl or cyclic N) is 1. The van der Waals surface area contributed by atoms with Gasteiger partial charge in [-0.3, -0.25) is 0 Å². The van der Waals surface area contributed by atoms with Crippen LogP contribution in [-0.2, 0) is 0 Å². The number of halogens is 3. The van der Waals surface area contributed by atoms with Gasteiger partial charge in [0.15, 0.2) is 0 Å². The molecule has 6 nitrogen and oxygen atoms in total. The molecular weight excluding hydrogens is 647 g/mol. The number of likely N-dealkylation sites (tertiary alicyclic amines) is 1. The molecule has 2 N–H and O–H groups in total. The van der Waals surface area contributed by atoms with Crippen molar-refractivity contribution in [3.8, 4) is 0 Å². The number of aromatic nitrogens is 2. The van der Waals surface area contributed by atoms with Crippen LogP contribution in [0.2, 0.25) is 0 Å². The molecule has 5 rings (SSSR count). The average Bonchev–Trinajstić information content (AvgIpc) is 3.61. The summed E-state index contributed by atoms with van der Waals surface area (Å²) in [6.45, 7) is 7.04. The Morgan fingerprint density at radius 3 is 2.85 bits per heavy atom. The zero-order valence-corrected chi connectivity index (χ0v) is 23.2. The fourth-order valence-electron chi connectivity index (χ4n) is 5.00. The standard InChI is InChI=1S/C24H31FI2N5O/c1-15(19-5-4-16(9-21(19)26)22-10-27-22)29-23-20(25)11-28-24(30-23)32-13-18(14-32)17-3-2-6-31(12-17)7-8-33/h4-5,9,11,15,17-18,22,33H,2-3,6-8,10,12-14H2,1H3,(H,28,29,30)/q-1/t15-,17+,22?/m1/s1. The van der Waals surface area contributed by atoms with Gasteiger partial charge in [-0.05, 0) is 31.2 Å². The summed E-state index contributed by atoms with van der Waals surface area (Å²) in [7, 11) is 0. The molecule has 0 saturated carbocycles. The quantitative estimate of drug-likeness (QED) is 0.317. The van der Waals surface area contributed by atoms with Gasteiger partial charge in [0, 0.05) is 13.1 Å². The number of piperidine rings is 1. The SMILES string of the molecule is C[C@@H](Nc1nc(N2CC([C@H]3CCCN(CCO)C3)C2)ncc1F)c1ccc(C2C[I-]2)cc1I. The molecule has 4 heterocycles. The Morgan fingerprint density at radius 1 is 1.30 bits per heavy atom. The van der Waals surface area contributed by atoms with Crippen molar-refractivity contribution in [3.05, 3.63) is 44.9 Å². The predicted octanol–water partition coefficient (Wildman–Crippen LogP) is 0.678. The Bertz CT molecular complexity index is 983. The fraction of sp³-hybridized carbons (Fsp3) is 0.583. The molecule has 180 valence electrons. The zero-order chi connectivity index (χ0) is 22.9. The number of alkyl halides is 2. The van der Waals surface area contributed by atoms with E-state index in [1.807, 2.05) is 0 Å². The van der Waals surface area contributed by atoms with Gasteiger partial charge in [-0.2, -0.15) is 0 Å². The van der Waals surface area contributed by atoms with Crippen LogP contribution >= 0.6 is 22.6 Å². The maximum atomic E-state index is 14.6. The number of aliphatic hydroxyl groups is 1. The average molecular weight is 678 g/mol. The zero-order valence-electron chi connectivity index (χ0n) is 18.9. The van der Waals surface area contributed by atoms with Crippen molar-refractivity contribution in [2.75, 3.05) is 54.0 Å². The van der Waals surface area contributed by atoms with Crippen molar-refractivity contribution >= 4 is 34.4 Å². The summed E-state index contributed by atoms with van der Waals surface area (Å²) in [6, 6.07) is 6.67. The molecule has 3 atom stereocenters. The number of hydrogen-bond donors (Lipinski definition) is 2. The molecule has 0 bridgehead atoms. The van der Waals surface area contributed by atoms with E-state index >= 15 is 0 Å². The minimum absolute atomic E-state index is 0.0408. The number of rotatable bonds is 8. The number of hydrogen-bond acceptors (Lipinski definition) is 6. The number of anilines is 2. The summed E-state index contributed by atoms with van der Waals surface area (Å²) in [5, 5.41) is 12.5. The van der Waals surface area contributed by atoms with Gasteiger partial charge < -0.3 is 10.0 Å². The molecule has 2 aromatic rings. The molecule has 3 aliphatic heterocycles. The Morgan fingerprint density at radius 2 is 2.12 bits per heavy atom. The van der Waals surface area contributed by atoms with Gasteiger partial charge in [0.25, 0.3) is 0 Å². The molecule has 9 heteroatoms. The fourth-order valence-corrected chi connectivity index (χ4v) is 7.67. The van der Waals surface area contributed by atoms with Crippen LogP contribution in [0.15, 0.2) is 24.4 Å². The van der Waals surface area contributed by atoms with E-state index in [-0.39, 0.29) is 18.5 Å². The van der Waals surface area contributed by atoms with Crippen molar-refractivity contribution < 1.29 is 30.7 Å². The van der Waals surface area contributed by atoms with Gasteiger partial charge in [0.1, 0.15) is 0 Å². The van der Waals surface area contributed by atoms with Crippen molar-refractivity contribution in [1.82, 2.24) is 14.9 Å². The van der Waals surface area contributed by atoms with E-state index in [1.54, 1.807) is 0 Å². The molecule has 33 heavy (non-hydrogen) atoms. The summed E-state index contributed by atoms with van der Waals surface area (Å²) < 4.78 is 18.0. The minimum atomic E-state index is -0.413. The summed E-state index contributed by atoms with van der Waals surface area (Å²) in [5.74, 6) is 1.74. The van der Waals surface area contributed by atoms with Gasteiger partial charge in [-0.1, -0.05) is 0 Å². The molecule has 0 aliphatic carbocycles. The molecule has 3 saturated heterocycles. The van der Waals surface area contributed by atoms with Gasteiger partial charge >= 0.3 is 159 Å². The molecule has 3 aliphatic rings. The van der Waals surface area contributed by atoms with Crippen LogP contribution in [0.4, 0.5) is 16.2 Å². The number of nitrogens with one attached hydrogen (secondary N) is 1. The first kappa shape index (κ1) is 23.9. The van der Waals surface area contributed by atoms with Crippen LogP contribution in [0.3, 0.4) is 0 Å². The van der Waals surface area contributed by atoms with E-state index in [9.17, 15) is 9.50 Å². The van der Waals surface area contributed by atoms with E-state index in [4.69, 9.17) is 0 Å². The molecule has 0 spiro atoms. The molecule has 0 amide bonds. The van der Waals surface area contributed by atoms with Crippen LogP contribution in [0.25, 0.3) is 0 Å². The number of benzene rings is 1. The summed E-state index contributed by atoms with van der Waals surface area (Å²) >= 11 is 2.79. The van der Waals surface area contributed by atoms with E-state index < -0.39 is 5.82 Å². The van der Waals surface area contributed by atoms with Crippen LogP contribution < -0.4 is 31.4 Å². The van der Waals surface area contributed by atoms with E-state index in [0.29, 0.717) is 39.0 Å². The first-order valence-corrected chi connectivity index (χ1v) is 15.6. The van der Waals surface area contributed by atoms with Crippen LogP contribution in [0.5, 0.6) is 0 Å². The second-order valence-electron chi connectivity index (χ2n) is 9.38. The van der Waals surface area contributed by atoms with E-state index in [1.165, 1.54) is 38.2 Å². The third-order valence-electron chi connectivity index (χ3n) is 7.06. The van der Waals surface area contributed by atoms with E-state index in [2.05, 4.69) is 72.8 Å². The van der Waals surface area contributed by atoms with Crippen molar-refractivity contribution in [2.24, 2.45) is 11.8 Å². The van der Waals surface area contributed by atoms with Gasteiger partial charge in [0.05, 0.1) is 6.61 Å². The van der Waals surface area contributed by atoms with Crippen molar-refractivity contribution in [2.45, 2.75) is 29.7 Å². The van der Waals surface area contributed by atoms with Gasteiger partial charge in [-0.25, -0.2) is 0 Å². The molecule has 1 aromatic carbocycles. The first-order valence-electron chi connectivity index (χ1n) is 11.8. The van der Waals surface area contributed by atoms with E-state index in [0.717, 1.165) is 36.6 Å². The maximum absolute atomic E-state index is 14.6. The monoisotopic (exact) mass is 678 g/mol. The second kappa shape index (κ2) is 10.4. The first-order chi connectivity index (χ1) is 16.0. The summed E-state index contributed by atoms with van der Waals surface area (Å²) in [4.78, 5) is 13.4. The molecule has 1 aromatic heterocycles. The molecule has 1 unspecified atom stereocenters. The molecular formula is C24H31FI2N5O-. The van der Waals surface area contributed by atoms with Gasteiger partial charge in [0.2, 0.25) is 0 Å². The normalized spacial score (nSPS) is 24.7. The molecule has 0 radical (unpaired) electrons. The third kappa shape index (κ3) is 5.56. The van der Waals surface area contributed by atoms with Crippen molar-refractivity contribution in [3.63, 3.8) is 0 Å². The van der Waals surface area contributed by atoms with Crippen LogP contribution in [-0.4, -0.2) is 63.7 Å². The van der Waals surface area contributed by atoms with Crippen molar-refractivity contribution in [1.29, 1.82) is 0 Å². The summed E-state index contributed by atoms with van der Waals surface area (Å²) in [5.41, 5.74) is 2.63. The Kier molecular flexibility index (Phi) is 7.58. The van der Waals surface area contributed by atoms with Crippen LogP contribution in [0, 0.1) is 21.2 Å². The Labute approximate surface area is 219 Å². The predicted molar refractivity (Wildman–Crippen MR) is 133 cm³/mol. The third-order valence-corrected chi connectivity index (χ3v) is 10.5. The Hall–Kier alpha value is -0.790. The molecule has 3 fully saturated rings. The number of aliphatic hydroxyl groups excluding tert-OH is 1.